The summed E-state index contributed by atoms with van der Waals surface area (Å²) in [6.45, 7) is 3.32. The molecule has 1 aromatic carbocycles. The van der Waals surface area contributed by atoms with Crippen LogP contribution in [0.5, 0.6) is 0 Å². The van der Waals surface area contributed by atoms with Gasteiger partial charge in [0, 0.05) is 26.2 Å². The molecule has 94 valence electrons. The summed E-state index contributed by atoms with van der Waals surface area (Å²) in [4.78, 5) is 2.29. The van der Waals surface area contributed by atoms with Crippen LogP contribution in [0.2, 0.25) is 0 Å². The molecule has 4 heteroatoms. The summed E-state index contributed by atoms with van der Waals surface area (Å²) >= 11 is 0. The number of halogens is 1. The van der Waals surface area contributed by atoms with Crippen LogP contribution in [0.3, 0.4) is 0 Å². The molecule has 0 saturated carbocycles. The monoisotopic (exact) mass is 238 g/mol. The highest BCUT2D eigenvalue weighted by Gasteiger charge is 2.22. The lowest BCUT2D eigenvalue weighted by Crippen LogP contribution is -2.22. The molecular weight excluding hydrogens is 219 g/mol. The summed E-state index contributed by atoms with van der Waals surface area (Å²) in [7, 11) is 0. The van der Waals surface area contributed by atoms with Gasteiger partial charge in [-0.1, -0.05) is 6.07 Å². The van der Waals surface area contributed by atoms with Crippen molar-refractivity contribution in [2.75, 3.05) is 19.7 Å². The van der Waals surface area contributed by atoms with Gasteiger partial charge in [-0.2, -0.15) is 0 Å². The molecule has 1 aliphatic rings. The molecule has 1 saturated heterocycles. The average Bonchev–Trinajstić information content (AvgIpc) is 2.79. The minimum absolute atomic E-state index is 0.233. The van der Waals surface area contributed by atoms with Gasteiger partial charge in [-0.25, -0.2) is 4.39 Å². The van der Waals surface area contributed by atoms with E-state index < -0.39 is 0 Å². The Bertz CT molecular complexity index is 384. The zero-order valence-electron chi connectivity index (χ0n) is 9.90. The number of benzene rings is 1. The van der Waals surface area contributed by atoms with Crippen LogP contribution in [0, 0.1) is 11.7 Å². The van der Waals surface area contributed by atoms with E-state index in [2.05, 4.69) is 4.90 Å². The van der Waals surface area contributed by atoms with Gasteiger partial charge in [0.1, 0.15) is 5.82 Å². The van der Waals surface area contributed by atoms with E-state index in [1.165, 1.54) is 12.1 Å². The van der Waals surface area contributed by atoms with E-state index in [4.69, 9.17) is 10.8 Å². The Morgan fingerprint density at radius 3 is 2.88 bits per heavy atom. The Morgan fingerprint density at radius 1 is 1.41 bits per heavy atom. The Morgan fingerprint density at radius 2 is 2.24 bits per heavy atom. The van der Waals surface area contributed by atoms with Crippen LogP contribution in [0.25, 0.3) is 0 Å². The molecule has 1 atom stereocenters. The molecule has 3 nitrogen and oxygen atoms in total. The standard InChI is InChI=1S/C13H19FN2O/c14-13-2-1-11(12(5-13)6-15)8-16-4-3-10(7-16)9-17/h1-2,5,10,17H,3-4,6-9,15H2. The first-order chi connectivity index (χ1) is 8.22. The lowest BCUT2D eigenvalue weighted by molar-refractivity contribution is 0.220. The van der Waals surface area contributed by atoms with Crippen molar-refractivity contribution in [3.05, 3.63) is 35.1 Å². The molecule has 3 N–H and O–H groups in total. The van der Waals surface area contributed by atoms with Crippen molar-refractivity contribution in [2.24, 2.45) is 11.7 Å². The van der Waals surface area contributed by atoms with Crippen molar-refractivity contribution in [2.45, 2.75) is 19.5 Å². The van der Waals surface area contributed by atoms with Crippen LogP contribution in [0.15, 0.2) is 18.2 Å². The normalized spacial score (nSPS) is 21.0. The Kier molecular flexibility index (Phi) is 4.10. The molecule has 0 radical (unpaired) electrons. The van der Waals surface area contributed by atoms with E-state index in [-0.39, 0.29) is 12.4 Å². The number of nitrogens with zero attached hydrogens (tertiary/aromatic N) is 1. The lowest BCUT2D eigenvalue weighted by atomic mass is 10.1. The average molecular weight is 238 g/mol. The van der Waals surface area contributed by atoms with Gasteiger partial charge in [-0.3, -0.25) is 4.90 Å². The van der Waals surface area contributed by atoms with E-state index in [1.807, 2.05) is 6.07 Å². The van der Waals surface area contributed by atoms with Crippen molar-refractivity contribution < 1.29 is 9.50 Å². The number of aliphatic hydroxyl groups is 1. The smallest absolute Gasteiger partial charge is 0.123 e. The van der Waals surface area contributed by atoms with Gasteiger partial charge in [-0.05, 0) is 42.1 Å². The minimum Gasteiger partial charge on any atom is -0.396 e. The van der Waals surface area contributed by atoms with Crippen molar-refractivity contribution in [1.29, 1.82) is 0 Å². The number of likely N-dealkylation sites (tertiary alicyclic amines) is 1. The lowest BCUT2D eigenvalue weighted by Gasteiger charge is -2.17. The van der Waals surface area contributed by atoms with Gasteiger partial charge < -0.3 is 10.8 Å². The summed E-state index contributed by atoms with van der Waals surface area (Å²) in [6, 6.07) is 4.80. The van der Waals surface area contributed by atoms with Crippen LogP contribution in [0.4, 0.5) is 4.39 Å². The largest absolute Gasteiger partial charge is 0.396 e. The zero-order chi connectivity index (χ0) is 12.3. The van der Waals surface area contributed by atoms with Crippen LogP contribution >= 0.6 is 0 Å². The quantitative estimate of drug-likeness (QED) is 0.826. The summed E-state index contributed by atoms with van der Waals surface area (Å²) in [5.74, 6) is 0.153. The van der Waals surface area contributed by atoms with Crippen molar-refractivity contribution in [1.82, 2.24) is 4.90 Å². The van der Waals surface area contributed by atoms with Crippen LogP contribution in [-0.2, 0) is 13.1 Å². The van der Waals surface area contributed by atoms with Crippen molar-refractivity contribution in [3.8, 4) is 0 Å². The highest BCUT2D eigenvalue weighted by Crippen LogP contribution is 2.20. The number of hydrogen-bond donors (Lipinski definition) is 2. The van der Waals surface area contributed by atoms with Crippen LogP contribution < -0.4 is 5.73 Å². The zero-order valence-corrected chi connectivity index (χ0v) is 9.90. The predicted octanol–water partition coefficient (Wildman–Crippen LogP) is 1.10. The van der Waals surface area contributed by atoms with Crippen molar-refractivity contribution in [3.63, 3.8) is 0 Å². The molecular formula is C13H19FN2O. The van der Waals surface area contributed by atoms with Gasteiger partial charge in [0.2, 0.25) is 0 Å². The second-order valence-electron chi connectivity index (χ2n) is 4.69. The van der Waals surface area contributed by atoms with E-state index >= 15 is 0 Å². The van der Waals surface area contributed by atoms with Gasteiger partial charge in [0.15, 0.2) is 0 Å². The number of rotatable bonds is 4. The molecule has 0 spiro atoms. The maximum absolute atomic E-state index is 13.1. The second kappa shape index (κ2) is 5.58. The molecule has 17 heavy (non-hydrogen) atoms. The second-order valence-corrected chi connectivity index (χ2v) is 4.69. The van der Waals surface area contributed by atoms with Gasteiger partial charge >= 0.3 is 0 Å². The molecule has 0 aromatic heterocycles. The molecule has 0 aliphatic carbocycles. The van der Waals surface area contributed by atoms with Crippen LogP contribution in [-0.4, -0.2) is 29.7 Å². The first-order valence-electron chi connectivity index (χ1n) is 6.03. The molecule has 1 aliphatic heterocycles. The first kappa shape index (κ1) is 12.5. The van der Waals surface area contributed by atoms with E-state index in [0.29, 0.717) is 12.5 Å². The maximum atomic E-state index is 13.1. The molecule has 2 rings (SSSR count). The minimum atomic E-state index is -0.233. The summed E-state index contributed by atoms with van der Waals surface area (Å²) in [6.07, 6.45) is 1.04. The Balaban J connectivity index is 2.03. The predicted molar refractivity (Wildman–Crippen MR) is 64.8 cm³/mol. The number of aliphatic hydroxyl groups excluding tert-OH is 1. The number of nitrogens with two attached hydrogens (primary N) is 1. The number of hydrogen-bond acceptors (Lipinski definition) is 3. The van der Waals surface area contributed by atoms with Gasteiger partial charge in [-0.15, -0.1) is 0 Å². The van der Waals surface area contributed by atoms with Crippen LogP contribution in [0.1, 0.15) is 17.5 Å². The third-order valence-electron chi connectivity index (χ3n) is 3.41. The Hall–Kier alpha value is -0.970. The molecule has 1 heterocycles. The maximum Gasteiger partial charge on any atom is 0.123 e. The SMILES string of the molecule is NCc1cc(F)ccc1CN1CCC(CO)C1. The topological polar surface area (TPSA) is 49.5 Å². The fourth-order valence-electron chi connectivity index (χ4n) is 2.39. The first-order valence-corrected chi connectivity index (χ1v) is 6.03. The van der Waals surface area contributed by atoms with Crippen molar-refractivity contribution >= 4 is 0 Å². The molecule has 0 amide bonds. The fourth-order valence-corrected chi connectivity index (χ4v) is 2.39. The summed E-state index contributed by atoms with van der Waals surface area (Å²) in [5.41, 5.74) is 7.58. The van der Waals surface area contributed by atoms with Gasteiger partial charge in [0.25, 0.3) is 0 Å². The molecule has 1 aromatic rings. The summed E-state index contributed by atoms with van der Waals surface area (Å²) < 4.78 is 13.1. The summed E-state index contributed by atoms with van der Waals surface area (Å²) in [5, 5.41) is 9.09. The fraction of sp³-hybridized carbons (Fsp3) is 0.538. The van der Waals surface area contributed by atoms with E-state index in [9.17, 15) is 4.39 Å². The molecule has 1 unspecified atom stereocenters. The Labute approximate surface area is 101 Å². The molecule has 1 fully saturated rings. The molecule has 0 bridgehead atoms. The third-order valence-corrected chi connectivity index (χ3v) is 3.41. The third kappa shape index (κ3) is 3.03. The van der Waals surface area contributed by atoms with E-state index in [0.717, 1.165) is 37.2 Å². The van der Waals surface area contributed by atoms with E-state index in [1.54, 1.807) is 0 Å². The highest BCUT2D eigenvalue weighted by atomic mass is 19.1. The van der Waals surface area contributed by atoms with Gasteiger partial charge in [0.05, 0.1) is 0 Å². The highest BCUT2D eigenvalue weighted by molar-refractivity contribution is 5.27.